The Labute approximate surface area is 114 Å². The second-order valence-electron chi connectivity index (χ2n) is 4.25. The highest BCUT2D eigenvalue weighted by atomic mass is 79.9. The van der Waals surface area contributed by atoms with Gasteiger partial charge in [0.15, 0.2) is 0 Å². The molecule has 0 saturated carbocycles. The first-order chi connectivity index (χ1) is 8.63. The molecule has 2 amide bonds. The Kier molecular flexibility index (Phi) is 4.01. The maximum absolute atomic E-state index is 11.9. The molecule has 1 aromatic carbocycles. The zero-order chi connectivity index (χ0) is 13.1. The van der Waals surface area contributed by atoms with Crippen molar-refractivity contribution in [1.82, 2.24) is 10.2 Å². The predicted octanol–water partition coefficient (Wildman–Crippen LogP) is 1.69. The summed E-state index contributed by atoms with van der Waals surface area (Å²) in [6, 6.07) is 7.38. The lowest BCUT2D eigenvalue weighted by atomic mass is 10.1. The number of piperazine rings is 1. The van der Waals surface area contributed by atoms with Crippen molar-refractivity contribution in [1.29, 1.82) is 0 Å². The molecule has 18 heavy (non-hydrogen) atoms. The van der Waals surface area contributed by atoms with Crippen LogP contribution in [-0.2, 0) is 16.1 Å². The molecule has 2 rings (SSSR count). The van der Waals surface area contributed by atoms with Gasteiger partial charge in [0, 0.05) is 11.0 Å². The van der Waals surface area contributed by atoms with E-state index in [9.17, 15) is 9.59 Å². The van der Waals surface area contributed by atoms with Crippen molar-refractivity contribution in [3.8, 4) is 0 Å². The van der Waals surface area contributed by atoms with Crippen LogP contribution in [0.5, 0.6) is 0 Å². The minimum atomic E-state index is -0.363. The third-order valence-electron chi connectivity index (χ3n) is 3.10. The van der Waals surface area contributed by atoms with Crippen LogP contribution < -0.4 is 5.32 Å². The number of halogens is 1. The van der Waals surface area contributed by atoms with Gasteiger partial charge in [-0.3, -0.25) is 9.59 Å². The highest BCUT2D eigenvalue weighted by Crippen LogP contribution is 2.20. The SMILES string of the molecule is CCC1C(=O)NCC(=O)N1Cc1ccccc1Br. The molecule has 0 spiro atoms. The summed E-state index contributed by atoms with van der Waals surface area (Å²) < 4.78 is 0.957. The van der Waals surface area contributed by atoms with Gasteiger partial charge in [-0.25, -0.2) is 0 Å². The van der Waals surface area contributed by atoms with E-state index in [1.807, 2.05) is 31.2 Å². The molecule has 0 aliphatic carbocycles. The number of nitrogens with zero attached hydrogens (tertiary/aromatic N) is 1. The van der Waals surface area contributed by atoms with Crippen LogP contribution in [0.4, 0.5) is 0 Å². The Morgan fingerprint density at radius 1 is 1.39 bits per heavy atom. The summed E-state index contributed by atoms with van der Waals surface area (Å²) in [5, 5.41) is 2.62. The third kappa shape index (κ3) is 2.56. The van der Waals surface area contributed by atoms with Crippen molar-refractivity contribution in [2.45, 2.75) is 25.9 Å². The molecule has 0 aromatic heterocycles. The fourth-order valence-corrected chi connectivity index (χ4v) is 2.52. The second kappa shape index (κ2) is 5.52. The molecule has 0 bridgehead atoms. The van der Waals surface area contributed by atoms with Crippen molar-refractivity contribution in [2.75, 3.05) is 6.54 Å². The van der Waals surface area contributed by atoms with Gasteiger partial charge in [-0.15, -0.1) is 0 Å². The number of carbonyl (C=O) groups excluding carboxylic acids is 2. The number of carbonyl (C=O) groups is 2. The van der Waals surface area contributed by atoms with E-state index in [2.05, 4.69) is 21.2 Å². The van der Waals surface area contributed by atoms with Crippen LogP contribution in [0.25, 0.3) is 0 Å². The van der Waals surface area contributed by atoms with Crippen molar-refractivity contribution in [2.24, 2.45) is 0 Å². The van der Waals surface area contributed by atoms with Gasteiger partial charge in [0.25, 0.3) is 0 Å². The average Bonchev–Trinajstić information content (AvgIpc) is 2.37. The number of amides is 2. The van der Waals surface area contributed by atoms with Crippen molar-refractivity contribution in [3.63, 3.8) is 0 Å². The van der Waals surface area contributed by atoms with Gasteiger partial charge in [0.05, 0.1) is 6.54 Å². The summed E-state index contributed by atoms with van der Waals surface area (Å²) in [6.07, 6.45) is 0.627. The number of rotatable bonds is 3. The first-order valence-electron chi connectivity index (χ1n) is 5.94. The lowest BCUT2D eigenvalue weighted by Gasteiger charge is -2.34. The highest BCUT2D eigenvalue weighted by Gasteiger charge is 2.33. The Morgan fingerprint density at radius 3 is 2.78 bits per heavy atom. The molecule has 5 heteroatoms. The van der Waals surface area contributed by atoms with Gasteiger partial charge in [-0.05, 0) is 18.1 Å². The summed E-state index contributed by atoms with van der Waals surface area (Å²) in [4.78, 5) is 25.3. The Morgan fingerprint density at radius 2 is 2.11 bits per heavy atom. The quantitative estimate of drug-likeness (QED) is 0.923. The molecule has 1 saturated heterocycles. The van der Waals surface area contributed by atoms with Crippen LogP contribution in [0.1, 0.15) is 18.9 Å². The topological polar surface area (TPSA) is 49.4 Å². The van der Waals surface area contributed by atoms with Crippen LogP contribution in [0.2, 0.25) is 0 Å². The summed E-state index contributed by atoms with van der Waals surface area (Å²) in [5.74, 6) is -0.0960. The minimum Gasteiger partial charge on any atom is -0.345 e. The fraction of sp³-hybridized carbons (Fsp3) is 0.385. The lowest BCUT2D eigenvalue weighted by molar-refractivity contribution is -0.146. The summed E-state index contributed by atoms with van der Waals surface area (Å²) >= 11 is 3.46. The molecular weight excluding hydrogens is 296 g/mol. The summed E-state index contributed by atoms with van der Waals surface area (Å²) in [5.41, 5.74) is 1.01. The zero-order valence-electron chi connectivity index (χ0n) is 10.1. The van der Waals surface area contributed by atoms with E-state index in [-0.39, 0.29) is 24.4 Å². The van der Waals surface area contributed by atoms with E-state index in [0.717, 1.165) is 10.0 Å². The average molecular weight is 311 g/mol. The molecular formula is C13H15BrN2O2. The lowest BCUT2D eigenvalue weighted by Crippen LogP contribution is -2.57. The molecule has 96 valence electrons. The van der Waals surface area contributed by atoms with Gasteiger partial charge in [-0.1, -0.05) is 41.1 Å². The van der Waals surface area contributed by atoms with Crippen LogP contribution >= 0.6 is 15.9 Å². The summed E-state index contributed by atoms with van der Waals surface area (Å²) in [7, 11) is 0. The van der Waals surface area contributed by atoms with Crippen LogP contribution in [0.3, 0.4) is 0 Å². The Bertz CT molecular complexity index is 476. The van der Waals surface area contributed by atoms with Crippen molar-refractivity contribution >= 4 is 27.7 Å². The Balaban J connectivity index is 2.22. The third-order valence-corrected chi connectivity index (χ3v) is 3.87. The maximum Gasteiger partial charge on any atom is 0.243 e. The molecule has 1 N–H and O–H groups in total. The molecule has 4 nitrogen and oxygen atoms in total. The molecule has 1 aliphatic rings. The van der Waals surface area contributed by atoms with Crippen molar-refractivity contribution < 1.29 is 9.59 Å². The molecule has 0 radical (unpaired) electrons. The van der Waals surface area contributed by atoms with E-state index >= 15 is 0 Å². The molecule has 1 unspecified atom stereocenters. The number of benzene rings is 1. The van der Waals surface area contributed by atoms with Gasteiger partial charge < -0.3 is 10.2 Å². The van der Waals surface area contributed by atoms with E-state index in [0.29, 0.717) is 13.0 Å². The minimum absolute atomic E-state index is 0.0304. The maximum atomic E-state index is 11.9. The van der Waals surface area contributed by atoms with E-state index in [4.69, 9.17) is 0 Å². The van der Waals surface area contributed by atoms with Gasteiger partial charge in [0.2, 0.25) is 11.8 Å². The van der Waals surface area contributed by atoms with Crippen LogP contribution in [-0.4, -0.2) is 29.3 Å². The van der Waals surface area contributed by atoms with Gasteiger partial charge in [0.1, 0.15) is 6.04 Å². The number of hydrogen-bond donors (Lipinski definition) is 1. The first-order valence-corrected chi connectivity index (χ1v) is 6.73. The fourth-order valence-electron chi connectivity index (χ4n) is 2.11. The monoisotopic (exact) mass is 310 g/mol. The first kappa shape index (κ1) is 13.1. The van der Waals surface area contributed by atoms with Gasteiger partial charge in [-0.2, -0.15) is 0 Å². The van der Waals surface area contributed by atoms with Gasteiger partial charge >= 0.3 is 0 Å². The highest BCUT2D eigenvalue weighted by molar-refractivity contribution is 9.10. The molecule has 1 heterocycles. The molecule has 1 fully saturated rings. The van der Waals surface area contributed by atoms with Crippen LogP contribution in [0, 0.1) is 0 Å². The molecule has 1 atom stereocenters. The van der Waals surface area contributed by atoms with E-state index in [1.54, 1.807) is 4.90 Å². The number of hydrogen-bond acceptors (Lipinski definition) is 2. The standard InChI is InChI=1S/C13H15BrN2O2/c1-2-11-13(18)15-7-12(17)16(11)8-9-5-3-4-6-10(9)14/h3-6,11H,2,7-8H2,1H3,(H,15,18). The molecule has 1 aliphatic heterocycles. The van der Waals surface area contributed by atoms with E-state index in [1.165, 1.54) is 0 Å². The number of nitrogens with one attached hydrogen (secondary N) is 1. The smallest absolute Gasteiger partial charge is 0.243 e. The zero-order valence-corrected chi connectivity index (χ0v) is 11.7. The van der Waals surface area contributed by atoms with Crippen LogP contribution in [0.15, 0.2) is 28.7 Å². The normalized spacial score (nSPS) is 19.9. The Hall–Kier alpha value is -1.36. The predicted molar refractivity (Wildman–Crippen MR) is 71.8 cm³/mol. The largest absolute Gasteiger partial charge is 0.345 e. The van der Waals surface area contributed by atoms with Crippen molar-refractivity contribution in [3.05, 3.63) is 34.3 Å². The summed E-state index contributed by atoms with van der Waals surface area (Å²) in [6.45, 7) is 2.47. The molecule has 1 aromatic rings. The van der Waals surface area contributed by atoms with E-state index < -0.39 is 0 Å². The second-order valence-corrected chi connectivity index (χ2v) is 5.11.